The fraction of sp³-hybridized carbons (Fsp3) is 0.286. The van der Waals surface area contributed by atoms with Crippen LogP contribution in [0.15, 0.2) is 48.5 Å². The Bertz CT molecular complexity index is 834. The highest BCUT2D eigenvalue weighted by atomic mass is 16.5. The summed E-state index contributed by atoms with van der Waals surface area (Å²) in [6, 6.07) is 13.8. The number of nitrogens with one attached hydrogen (secondary N) is 2. The number of carbonyl (C=O) groups is 3. The maximum Gasteiger partial charge on any atom is 0.238 e. The summed E-state index contributed by atoms with van der Waals surface area (Å²) < 4.78 is 5.22. The highest BCUT2D eigenvalue weighted by molar-refractivity contribution is 5.97. The number of benzene rings is 2. The highest BCUT2D eigenvalue weighted by Gasteiger charge is 2.15. The van der Waals surface area contributed by atoms with Crippen LogP contribution in [0.4, 0.5) is 11.4 Å². The molecule has 0 aliphatic carbocycles. The van der Waals surface area contributed by atoms with Crippen molar-refractivity contribution in [2.75, 3.05) is 37.4 Å². The lowest BCUT2D eigenvalue weighted by Crippen LogP contribution is -2.38. The third-order valence-corrected chi connectivity index (χ3v) is 4.14. The molecule has 0 aliphatic rings. The van der Waals surface area contributed by atoms with Gasteiger partial charge in [-0.15, -0.1) is 0 Å². The fourth-order valence-electron chi connectivity index (χ4n) is 2.61. The van der Waals surface area contributed by atoms with E-state index in [1.165, 1.54) is 14.0 Å². The lowest BCUT2D eigenvalue weighted by Gasteiger charge is -2.20. The van der Waals surface area contributed by atoms with Gasteiger partial charge in [-0.05, 0) is 49.9 Å². The van der Waals surface area contributed by atoms with E-state index in [0.29, 0.717) is 29.2 Å². The number of ether oxygens (including phenoxy) is 1. The monoisotopic (exact) mass is 383 g/mol. The smallest absolute Gasteiger partial charge is 0.238 e. The minimum Gasteiger partial charge on any atom is -0.495 e. The van der Waals surface area contributed by atoms with Crippen LogP contribution in [-0.2, 0) is 9.59 Å². The fourth-order valence-corrected chi connectivity index (χ4v) is 2.61. The molecule has 7 heteroatoms. The maximum atomic E-state index is 12.3. The van der Waals surface area contributed by atoms with Crippen LogP contribution in [0.3, 0.4) is 0 Å². The summed E-state index contributed by atoms with van der Waals surface area (Å²) in [7, 11) is 1.54. The van der Waals surface area contributed by atoms with E-state index in [1.54, 1.807) is 47.4 Å². The molecule has 0 unspecified atom stereocenters. The van der Waals surface area contributed by atoms with Crippen molar-refractivity contribution in [1.29, 1.82) is 0 Å². The number of Topliss-reactive ketones (excluding diaryl/α,β-unsaturated/α-hetero) is 1. The lowest BCUT2D eigenvalue weighted by atomic mass is 10.1. The summed E-state index contributed by atoms with van der Waals surface area (Å²) in [5.41, 5.74) is 1.77. The molecule has 7 nitrogen and oxygen atoms in total. The number of ketones is 1. The summed E-state index contributed by atoms with van der Waals surface area (Å²) in [4.78, 5) is 37.6. The molecule has 2 amide bonds. The van der Waals surface area contributed by atoms with Crippen molar-refractivity contribution in [3.63, 3.8) is 0 Å². The van der Waals surface area contributed by atoms with Gasteiger partial charge in [0.25, 0.3) is 0 Å². The largest absolute Gasteiger partial charge is 0.495 e. The van der Waals surface area contributed by atoms with E-state index < -0.39 is 0 Å². The second-order valence-electron chi connectivity index (χ2n) is 6.23. The summed E-state index contributed by atoms with van der Waals surface area (Å²) in [5, 5.41) is 5.57. The Morgan fingerprint density at radius 2 is 1.54 bits per heavy atom. The predicted octanol–water partition coefficient (Wildman–Crippen LogP) is 2.80. The average Bonchev–Trinajstić information content (AvgIpc) is 2.68. The number of para-hydroxylation sites is 2. The molecule has 0 heterocycles. The number of hydrogen-bond donors (Lipinski definition) is 2. The van der Waals surface area contributed by atoms with E-state index in [9.17, 15) is 14.4 Å². The van der Waals surface area contributed by atoms with Crippen LogP contribution in [-0.4, -0.2) is 49.2 Å². The number of rotatable bonds is 9. The first kappa shape index (κ1) is 21.1. The number of likely N-dealkylation sites (N-methyl/N-ethyl adjacent to an activating group) is 1. The first-order valence-electron chi connectivity index (χ1n) is 8.99. The summed E-state index contributed by atoms with van der Waals surface area (Å²) in [6.45, 7) is 4.06. The van der Waals surface area contributed by atoms with Crippen molar-refractivity contribution < 1.29 is 19.1 Å². The van der Waals surface area contributed by atoms with E-state index in [0.717, 1.165) is 0 Å². The van der Waals surface area contributed by atoms with Gasteiger partial charge in [-0.25, -0.2) is 0 Å². The van der Waals surface area contributed by atoms with Crippen molar-refractivity contribution in [2.45, 2.75) is 13.8 Å². The lowest BCUT2D eigenvalue weighted by molar-refractivity contribution is -0.119. The van der Waals surface area contributed by atoms with Crippen LogP contribution >= 0.6 is 0 Å². The Kier molecular flexibility index (Phi) is 7.71. The Hall–Kier alpha value is -3.19. The maximum absolute atomic E-state index is 12.3. The first-order valence-corrected chi connectivity index (χ1v) is 8.99. The third-order valence-electron chi connectivity index (χ3n) is 4.14. The molecular weight excluding hydrogens is 358 g/mol. The molecule has 2 aromatic carbocycles. The Balaban J connectivity index is 1.89. The molecule has 2 rings (SSSR count). The van der Waals surface area contributed by atoms with Gasteiger partial charge >= 0.3 is 0 Å². The molecule has 0 bridgehead atoms. The average molecular weight is 383 g/mol. The molecule has 0 saturated heterocycles. The van der Waals surface area contributed by atoms with Gasteiger partial charge < -0.3 is 15.4 Å². The van der Waals surface area contributed by atoms with Crippen LogP contribution < -0.4 is 15.4 Å². The van der Waals surface area contributed by atoms with Gasteiger partial charge in [0.1, 0.15) is 5.75 Å². The molecule has 148 valence electrons. The van der Waals surface area contributed by atoms with Crippen LogP contribution in [0.25, 0.3) is 0 Å². The quantitative estimate of drug-likeness (QED) is 0.650. The molecule has 28 heavy (non-hydrogen) atoms. The number of carbonyl (C=O) groups excluding carboxylic acids is 3. The Labute approximate surface area is 164 Å². The van der Waals surface area contributed by atoms with E-state index in [2.05, 4.69) is 10.6 Å². The van der Waals surface area contributed by atoms with Crippen molar-refractivity contribution >= 4 is 29.0 Å². The van der Waals surface area contributed by atoms with Crippen molar-refractivity contribution in [3.8, 4) is 5.75 Å². The van der Waals surface area contributed by atoms with Crippen LogP contribution in [0, 0.1) is 0 Å². The topological polar surface area (TPSA) is 87.7 Å². The number of hydrogen-bond acceptors (Lipinski definition) is 5. The Morgan fingerprint density at radius 3 is 2.11 bits per heavy atom. The molecule has 2 N–H and O–H groups in total. The van der Waals surface area contributed by atoms with Crippen molar-refractivity contribution in [3.05, 3.63) is 54.1 Å². The van der Waals surface area contributed by atoms with Gasteiger partial charge in [0, 0.05) is 11.3 Å². The molecule has 0 saturated carbocycles. The molecular formula is C21H25N3O4. The highest BCUT2D eigenvalue weighted by Crippen LogP contribution is 2.22. The van der Waals surface area contributed by atoms with Crippen molar-refractivity contribution in [2.24, 2.45) is 0 Å². The van der Waals surface area contributed by atoms with E-state index in [1.807, 2.05) is 13.0 Å². The van der Waals surface area contributed by atoms with Gasteiger partial charge in [0.05, 0.1) is 25.9 Å². The second-order valence-corrected chi connectivity index (χ2v) is 6.23. The van der Waals surface area contributed by atoms with Gasteiger partial charge in [0.15, 0.2) is 5.78 Å². The molecule has 0 atom stereocenters. The molecule has 0 spiro atoms. The van der Waals surface area contributed by atoms with Gasteiger partial charge in [-0.1, -0.05) is 19.1 Å². The first-order chi connectivity index (χ1) is 13.4. The van der Waals surface area contributed by atoms with Crippen molar-refractivity contribution in [1.82, 2.24) is 4.90 Å². The number of nitrogens with zero attached hydrogens (tertiary/aromatic N) is 1. The molecule has 0 aliphatic heterocycles. The van der Waals surface area contributed by atoms with Gasteiger partial charge in [-0.3, -0.25) is 19.3 Å². The summed E-state index contributed by atoms with van der Waals surface area (Å²) in [6.07, 6.45) is 0. The predicted molar refractivity (Wildman–Crippen MR) is 109 cm³/mol. The van der Waals surface area contributed by atoms with E-state index in [-0.39, 0.29) is 30.7 Å². The SMILES string of the molecule is CCN(CC(=O)Nc1ccc(C(C)=O)cc1)CC(=O)Nc1ccccc1OC. The zero-order valence-corrected chi connectivity index (χ0v) is 16.3. The molecule has 0 aromatic heterocycles. The Morgan fingerprint density at radius 1 is 0.929 bits per heavy atom. The molecule has 0 fully saturated rings. The third kappa shape index (κ3) is 6.21. The number of anilines is 2. The van der Waals surface area contributed by atoms with Crippen LogP contribution in [0.1, 0.15) is 24.2 Å². The number of methoxy groups -OCH3 is 1. The minimum absolute atomic E-state index is 0.0314. The van der Waals surface area contributed by atoms with Crippen LogP contribution in [0.5, 0.6) is 5.75 Å². The normalized spacial score (nSPS) is 10.4. The zero-order chi connectivity index (χ0) is 20.5. The molecule has 0 radical (unpaired) electrons. The van der Waals surface area contributed by atoms with E-state index in [4.69, 9.17) is 4.74 Å². The zero-order valence-electron chi connectivity index (χ0n) is 16.3. The summed E-state index contributed by atoms with van der Waals surface area (Å²) in [5.74, 6) is 0.0780. The second kappa shape index (κ2) is 10.2. The number of amides is 2. The standard InChI is InChI=1S/C21H25N3O4/c1-4-24(14-21(27)23-18-7-5-6-8-19(18)28-3)13-20(26)22-17-11-9-16(10-12-17)15(2)25/h5-12H,4,13-14H2,1-3H3,(H,22,26)(H,23,27). The summed E-state index contributed by atoms with van der Waals surface area (Å²) >= 11 is 0. The van der Waals surface area contributed by atoms with E-state index >= 15 is 0 Å². The molecule has 2 aromatic rings. The van der Waals surface area contributed by atoms with Gasteiger partial charge in [0.2, 0.25) is 11.8 Å². The minimum atomic E-state index is -0.234. The van der Waals surface area contributed by atoms with Crippen LogP contribution in [0.2, 0.25) is 0 Å². The van der Waals surface area contributed by atoms with Gasteiger partial charge in [-0.2, -0.15) is 0 Å².